The average molecular weight is 1320 g/mol. The Hall–Kier alpha value is -8.36. The van der Waals surface area contributed by atoms with Gasteiger partial charge in [0.15, 0.2) is 33.5 Å². The normalized spacial score (nSPS) is 11.2. The van der Waals surface area contributed by atoms with Gasteiger partial charge in [0.05, 0.1) is 30.2 Å². The lowest BCUT2D eigenvalue weighted by Gasteiger charge is -2.27. The highest BCUT2D eigenvalue weighted by Gasteiger charge is 2.45. The summed E-state index contributed by atoms with van der Waals surface area (Å²) in [6.45, 7) is 0. The second-order valence-corrected chi connectivity index (χ2v) is 28.4. The van der Waals surface area contributed by atoms with Crippen LogP contribution in [0.4, 0.5) is 0 Å². The third-order valence-corrected chi connectivity index (χ3v) is 25.0. The van der Waals surface area contributed by atoms with Gasteiger partial charge in [-0.15, -0.1) is 0 Å². The summed E-state index contributed by atoms with van der Waals surface area (Å²) in [5.74, 6) is 0.136. The minimum absolute atomic E-state index is 0. The van der Waals surface area contributed by atoms with Crippen LogP contribution in [-0.4, -0.2) is 34.8 Å². The van der Waals surface area contributed by atoms with Gasteiger partial charge in [0.1, 0.15) is 57.9 Å². The van der Waals surface area contributed by atoms with Gasteiger partial charge in [-0.3, -0.25) is 9.59 Å². The van der Waals surface area contributed by atoms with E-state index in [0.717, 1.165) is 62.0 Å². The molecule has 2 aromatic heterocycles. The van der Waals surface area contributed by atoms with Crippen LogP contribution in [0.2, 0.25) is 0 Å². The molecule has 12 aromatic rings. The van der Waals surface area contributed by atoms with Gasteiger partial charge < -0.3 is 62.9 Å². The molecule has 0 amide bonds. The second-order valence-electron chi connectivity index (χ2n) is 21.1. The number of hydrogen-bond acceptors (Lipinski definition) is 8. The van der Waals surface area contributed by atoms with Crippen LogP contribution >= 0.6 is 14.5 Å². The van der Waals surface area contributed by atoms with E-state index in [1.165, 1.54) is 80.4 Å². The molecule has 0 aliphatic heterocycles. The number of phenolic OH excluding ortho intramolecular Hbond substituents is 3. The molecule has 438 valence electrons. The molecule has 0 unspecified atom stereocenters. The molecule has 0 bridgehead atoms. The molecule has 0 aliphatic carbocycles. The van der Waals surface area contributed by atoms with Gasteiger partial charge in [0, 0.05) is 23.3 Å². The fourth-order valence-corrected chi connectivity index (χ4v) is 20.5. The Morgan fingerprint density at radius 2 is 0.678 bits per heavy atom. The topological polar surface area (TPSA) is 130 Å². The number of hydrogen-bond donors (Lipinski definition) is 3. The Kier molecular flexibility index (Phi) is 21.3. The Morgan fingerprint density at radius 1 is 0.368 bits per heavy atom. The maximum absolute atomic E-state index is 12.8. The first-order chi connectivity index (χ1) is 41.7. The van der Waals surface area contributed by atoms with Crippen LogP contribution in [0, 0.1) is 0 Å². The van der Waals surface area contributed by atoms with Gasteiger partial charge in [0.2, 0.25) is 11.5 Å². The average Bonchev–Trinajstić information content (AvgIpc) is 1.08. The molecule has 0 atom stereocenters. The quantitative estimate of drug-likeness (QED) is 0.0417. The molecule has 0 radical (unpaired) electrons. The molecule has 0 spiro atoms. The number of fused-ring (bicyclic) bond motifs is 2. The van der Waals surface area contributed by atoms with Crippen LogP contribution in [0.25, 0.3) is 44.6 Å². The monoisotopic (exact) mass is 1310 g/mol. The number of aromatic hydroxyl groups is 3. The molecule has 10 aromatic carbocycles. The van der Waals surface area contributed by atoms with E-state index in [4.69, 9.17) is 13.6 Å². The molecule has 12 heteroatoms. The minimum Gasteiger partial charge on any atom is -1.00 e. The number of aryl methyl sites for hydroxylation is 2. The number of benzene rings is 10. The highest BCUT2D eigenvalue weighted by Crippen LogP contribution is 2.57. The molecule has 0 aliphatic rings. The van der Waals surface area contributed by atoms with E-state index in [9.17, 15) is 24.9 Å². The summed E-state index contributed by atoms with van der Waals surface area (Å²) in [7, 11) is -2.22. The van der Waals surface area contributed by atoms with E-state index in [0.29, 0.717) is 16.9 Å². The standard InChI is InChI=1S/C38H33O4P.C37H31O4P.2BrH/c1-41-38-34(39)25-24-33-35(40)27-36(42-37(33)38)29-22-20-28(21-23-29)13-11-12-26-43(30-14-5-2-6-15-30,31-16-7-3-8-17-31)32-18-9-4-10-19-32;38-33-24-23-32-34(39)26-35(41-37(32)36(33)40)28-21-19-27(20-22-28)12-10-11-25-42(29-13-4-1-5-14-29,30-15-6-2-7-16-30)31-17-8-3-9-18-31;;/h2-10,14-25,27H,11-13,26H2,1H3;1-9,13-24,26H,10-12,25H2,(H-,38,39,40);2*1H. The number of unbranched alkanes of at least 4 members (excludes halogenated alkanes) is 2. The van der Waals surface area contributed by atoms with E-state index in [2.05, 4.69) is 206 Å². The van der Waals surface area contributed by atoms with Crippen molar-refractivity contribution in [3.8, 4) is 45.6 Å². The highest BCUT2D eigenvalue weighted by molar-refractivity contribution is 7.96. The number of methoxy groups -OCH3 is 1. The third kappa shape index (κ3) is 13.8. The zero-order chi connectivity index (χ0) is 58.6. The lowest BCUT2D eigenvalue weighted by molar-refractivity contribution is -0.00100. The summed E-state index contributed by atoms with van der Waals surface area (Å²) >= 11 is 0. The van der Waals surface area contributed by atoms with E-state index >= 15 is 0 Å². The number of ether oxygens (including phenoxy) is 1. The van der Waals surface area contributed by atoms with E-state index in [-0.39, 0.29) is 78.6 Å². The molecule has 12 rings (SSSR count). The zero-order valence-electron chi connectivity index (χ0n) is 48.1. The van der Waals surface area contributed by atoms with Crippen molar-refractivity contribution in [1.82, 2.24) is 0 Å². The van der Waals surface area contributed by atoms with Crippen LogP contribution in [0.3, 0.4) is 0 Å². The predicted octanol–water partition coefficient (Wildman–Crippen LogP) is 8.69. The van der Waals surface area contributed by atoms with Crippen molar-refractivity contribution in [2.45, 2.75) is 38.5 Å². The predicted molar refractivity (Wildman–Crippen MR) is 353 cm³/mol. The lowest BCUT2D eigenvalue weighted by atomic mass is 10.0. The number of phenols is 3. The smallest absolute Gasteiger partial charge is 0.204 e. The van der Waals surface area contributed by atoms with Crippen molar-refractivity contribution in [2.75, 3.05) is 19.4 Å². The summed E-state index contributed by atoms with van der Waals surface area (Å²) < 4.78 is 17.2. The molecule has 0 saturated carbocycles. The van der Waals surface area contributed by atoms with Crippen LogP contribution in [0.15, 0.2) is 285 Å². The molecule has 0 fully saturated rings. The molecular formula is C75H66Br2O8P2. The van der Waals surface area contributed by atoms with Crippen molar-refractivity contribution in [3.05, 3.63) is 298 Å². The van der Waals surface area contributed by atoms with Crippen molar-refractivity contribution in [3.63, 3.8) is 0 Å². The lowest BCUT2D eigenvalue weighted by Crippen LogP contribution is -3.00. The first kappa shape index (κ1) is 63.2. The van der Waals surface area contributed by atoms with Crippen molar-refractivity contribution in [2.24, 2.45) is 0 Å². The Labute approximate surface area is 529 Å². The third-order valence-electron chi connectivity index (χ3n) is 16.0. The molecule has 8 nitrogen and oxygen atoms in total. The van der Waals surface area contributed by atoms with Crippen LogP contribution in [-0.2, 0) is 12.8 Å². The second kappa shape index (κ2) is 29.4. The van der Waals surface area contributed by atoms with Gasteiger partial charge in [-0.05, 0) is 147 Å². The summed E-state index contributed by atoms with van der Waals surface area (Å²) in [4.78, 5) is 25.4. The molecule has 0 saturated heterocycles. The Balaban J connectivity index is 0.000000203. The van der Waals surface area contributed by atoms with Crippen molar-refractivity contribution < 1.29 is 62.9 Å². The van der Waals surface area contributed by atoms with Gasteiger partial charge in [-0.1, -0.05) is 158 Å². The van der Waals surface area contributed by atoms with E-state index in [1.807, 2.05) is 24.3 Å². The Bertz CT molecular complexity index is 4100. The van der Waals surface area contributed by atoms with Gasteiger partial charge in [0.25, 0.3) is 0 Å². The summed E-state index contributed by atoms with van der Waals surface area (Å²) in [5.41, 5.74) is 3.78. The summed E-state index contributed by atoms with van der Waals surface area (Å²) in [5, 5.41) is 39.3. The fraction of sp³-hybridized carbons (Fsp3) is 0.120. The Morgan fingerprint density at radius 3 is 1.01 bits per heavy atom. The molecule has 3 N–H and O–H groups in total. The summed E-state index contributed by atoms with van der Waals surface area (Å²) in [6, 6.07) is 90.8. The van der Waals surface area contributed by atoms with Gasteiger partial charge in [-0.2, -0.15) is 0 Å². The number of rotatable bonds is 19. The molecule has 2 heterocycles. The SMILES string of the molecule is COc1c(O)ccc2c(=O)cc(-c3ccc(CCCC[P+](c4ccccc4)(c4ccccc4)c4ccccc4)cc3)oc12.O=c1cc(-c2ccc(CCCC[P+](c3ccccc3)(c3ccccc3)c3ccccc3)cc2)oc2c(O)c(O)ccc12.[Br-].[Br-]. The first-order valence-corrected chi connectivity index (χ1v) is 32.7. The maximum atomic E-state index is 12.8. The zero-order valence-corrected chi connectivity index (χ0v) is 53.1. The molecular weight excluding hydrogens is 1250 g/mol. The van der Waals surface area contributed by atoms with Gasteiger partial charge >= 0.3 is 0 Å². The summed E-state index contributed by atoms with van der Waals surface area (Å²) in [6.07, 6.45) is 8.37. The van der Waals surface area contributed by atoms with E-state index < -0.39 is 20.3 Å². The fourth-order valence-electron chi connectivity index (χ4n) is 11.7. The highest BCUT2D eigenvalue weighted by atomic mass is 79.9. The van der Waals surface area contributed by atoms with E-state index in [1.54, 1.807) is 6.07 Å². The van der Waals surface area contributed by atoms with Crippen molar-refractivity contribution >= 4 is 68.3 Å². The largest absolute Gasteiger partial charge is 1.00 e. The van der Waals surface area contributed by atoms with Gasteiger partial charge in [-0.25, -0.2) is 0 Å². The minimum atomic E-state index is -1.84. The first-order valence-electron chi connectivity index (χ1n) is 28.8. The van der Waals surface area contributed by atoms with Crippen LogP contribution in [0.1, 0.15) is 36.8 Å². The van der Waals surface area contributed by atoms with Crippen LogP contribution < -0.4 is 81.4 Å². The number of halogens is 2. The molecule has 87 heavy (non-hydrogen) atoms. The van der Waals surface area contributed by atoms with Crippen molar-refractivity contribution in [1.29, 1.82) is 0 Å². The maximum Gasteiger partial charge on any atom is 0.204 e. The van der Waals surface area contributed by atoms with Crippen LogP contribution in [0.5, 0.6) is 23.0 Å².